The summed E-state index contributed by atoms with van der Waals surface area (Å²) >= 11 is 0. The quantitative estimate of drug-likeness (QED) is 0.0397. The van der Waals surface area contributed by atoms with Crippen molar-refractivity contribution in [3.8, 4) is 46.0 Å². The molecule has 2 unspecified atom stereocenters. The lowest BCUT2D eigenvalue weighted by molar-refractivity contribution is -0.163. The summed E-state index contributed by atoms with van der Waals surface area (Å²) in [6, 6.07) is 24.9. The van der Waals surface area contributed by atoms with Gasteiger partial charge < -0.3 is 63.4 Å². The zero-order chi connectivity index (χ0) is 56.5. The molecule has 1 fully saturated rings. The van der Waals surface area contributed by atoms with Crippen molar-refractivity contribution in [3.63, 3.8) is 0 Å². The molecule has 2 heterocycles. The van der Waals surface area contributed by atoms with Crippen LogP contribution in [0.25, 0.3) is 5.57 Å². The summed E-state index contributed by atoms with van der Waals surface area (Å²) in [5.74, 6) is -0.304. The maximum Gasteiger partial charge on any atom is 0.336 e. The predicted octanol–water partition coefficient (Wildman–Crippen LogP) is 9.58. The van der Waals surface area contributed by atoms with Gasteiger partial charge in [0.2, 0.25) is 11.7 Å². The number of hydrogen-bond donors (Lipinski definition) is 4. The molecular formula is C63H66N2O15. The van der Waals surface area contributed by atoms with Gasteiger partial charge in [-0.1, -0.05) is 60.7 Å². The third kappa shape index (κ3) is 12.1. The molecule has 4 N–H and O–H groups in total. The van der Waals surface area contributed by atoms with E-state index < -0.39 is 48.6 Å². The van der Waals surface area contributed by atoms with Gasteiger partial charge in [-0.3, -0.25) is 9.59 Å². The third-order valence-electron chi connectivity index (χ3n) is 15.0. The minimum absolute atomic E-state index is 0.0435. The fourth-order valence-electron chi connectivity index (χ4n) is 11.0. The second-order valence-electron chi connectivity index (χ2n) is 19.9. The van der Waals surface area contributed by atoms with Crippen LogP contribution in [0.4, 0.5) is 0 Å². The number of likely N-dealkylation sites (tertiary alicyclic amines) is 1. The number of nitrogens with zero attached hydrogens (tertiary/aromatic N) is 1. The van der Waals surface area contributed by atoms with Crippen LogP contribution in [0.3, 0.4) is 0 Å². The summed E-state index contributed by atoms with van der Waals surface area (Å²) in [6.45, 7) is -0.291. The number of aliphatic hydroxyl groups excluding tert-OH is 1. The van der Waals surface area contributed by atoms with Crippen molar-refractivity contribution >= 4 is 29.3 Å². The summed E-state index contributed by atoms with van der Waals surface area (Å²) in [5.41, 5.74) is 4.37. The molecule has 2 aliphatic carbocycles. The first-order valence-corrected chi connectivity index (χ1v) is 26.7. The second kappa shape index (κ2) is 25.4. The first-order chi connectivity index (χ1) is 38.8. The van der Waals surface area contributed by atoms with Gasteiger partial charge in [0.1, 0.15) is 35.2 Å². The number of hydrogen-bond acceptors (Lipinski definition) is 14. The van der Waals surface area contributed by atoms with E-state index in [4.69, 9.17) is 37.9 Å². The highest BCUT2D eigenvalue weighted by atomic mass is 16.5. The van der Waals surface area contributed by atoms with Crippen LogP contribution in [0, 0.1) is 5.92 Å². The minimum atomic E-state index is -1.14. The molecule has 418 valence electrons. The summed E-state index contributed by atoms with van der Waals surface area (Å²) in [4.78, 5) is 57.8. The van der Waals surface area contributed by atoms with Crippen LogP contribution in [0.5, 0.6) is 46.0 Å². The van der Waals surface area contributed by atoms with Crippen molar-refractivity contribution in [2.24, 2.45) is 5.92 Å². The van der Waals surface area contributed by atoms with Crippen LogP contribution in [0.1, 0.15) is 101 Å². The number of rotatable bonds is 21. The fraction of sp³-hybridized carbons (Fsp3) is 0.333. The molecule has 2 aliphatic heterocycles. The second-order valence-corrected chi connectivity index (χ2v) is 19.9. The van der Waals surface area contributed by atoms with Gasteiger partial charge in [-0.25, -0.2) is 9.59 Å². The molecule has 0 bridgehead atoms. The van der Waals surface area contributed by atoms with Gasteiger partial charge in [0, 0.05) is 23.3 Å². The molecule has 2 amide bonds. The molecule has 9 rings (SSSR count). The van der Waals surface area contributed by atoms with Gasteiger partial charge >= 0.3 is 11.9 Å². The summed E-state index contributed by atoms with van der Waals surface area (Å²) < 4.78 is 47.1. The van der Waals surface area contributed by atoms with Gasteiger partial charge in [0.25, 0.3) is 5.91 Å². The number of nitrogens with one attached hydrogen (secondary N) is 1. The molecule has 17 nitrogen and oxygen atoms in total. The Labute approximate surface area is 464 Å². The number of aryl methyl sites for hydroxylation is 1. The lowest BCUT2D eigenvalue weighted by Gasteiger charge is -2.39. The zero-order valence-corrected chi connectivity index (χ0v) is 45.4. The maximum absolute atomic E-state index is 15.2. The van der Waals surface area contributed by atoms with Gasteiger partial charge in [0.15, 0.2) is 29.6 Å². The Morgan fingerprint density at radius 2 is 1.55 bits per heavy atom. The Morgan fingerprint density at radius 3 is 2.27 bits per heavy atom. The number of methoxy groups -OCH3 is 5. The highest BCUT2D eigenvalue weighted by Crippen LogP contribution is 2.48. The number of carbonyl (C=O) groups excluding carboxylic acids is 3. The van der Waals surface area contributed by atoms with Crippen LogP contribution >= 0.6 is 0 Å². The number of phenols is 1. The van der Waals surface area contributed by atoms with E-state index in [-0.39, 0.29) is 46.8 Å². The maximum atomic E-state index is 15.2. The zero-order valence-electron chi connectivity index (χ0n) is 45.4. The molecule has 5 atom stereocenters. The number of esters is 1. The van der Waals surface area contributed by atoms with Crippen LogP contribution in [-0.4, -0.2) is 105 Å². The molecule has 17 heteroatoms. The van der Waals surface area contributed by atoms with Crippen molar-refractivity contribution in [2.75, 3.05) is 48.7 Å². The number of benzene rings is 5. The monoisotopic (exact) mass is 1090 g/mol. The largest absolute Gasteiger partial charge is 0.507 e. The van der Waals surface area contributed by atoms with Crippen molar-refractivity contribution < 1.29 is 72.4 Å². The van der Waals surface area contributed by atoms with E-state index >= 15 is 4.79 Å². The lowest BCUT2D eigenvalue weighted by atomic mass is 9.78. The van der Waals surface area contributed by atoms with Gasteiger partial charge in [0.05, 0.1) is 65.2 Å². The normalized spacial score (nSPS) is 18.1. The number of allylic oxidation sites excluding steroid dienone is 3. The number of carboxylic acid groups (broad SMARTS) is 1. The molecular weight excluding hydrogens is 1020 g/mol. The molecule has 0 aromatic heterocycles. The number of carboxylic acids is 1. The SMILES string of the molecule is COc1ccc(CC[C@@H](OC(=O)[C@@H]2CCCCN2C(=O)[C@H](c2cc(OC)c(OC)c(OC)c2)C2C=CCCC2)c2cccc(OCC(=O)NCc3c(O)ccc4c3OC3=CC(O)C=CC3=C4c3ccccc3C(=O)O)c2)cc1OC. The number of aliphatic hydroxyl groups is 1. The number of aromatic hydroxyl groups is 1. The number of carbonyl (C=O) groups is 4. The number of amides is 2. The van der Waals surface area contributed by atoms with Crippen LogP contribution in [-0.2, 0) is 32.1 Å². The topological polar surface area (TPSA) is 218 Å². The molecule has 0 radical (unpaired) electrons. The van der Waals surface area contributed by atoms with Gasteiger partial charge in [-0.05, 0) is 140 Å². The van der Waals surface area contributed by atoms with E-state index in [2.05, 4.69) is 17.5 Å². The Hall–Kier alpha value is -8.70. The van der Waals surface area contributed by atoms with Crippen LogP contribution < -0.4 is 38.5 Å². The number of fused-ring (bicyclic) bond motifs is 2. The molecule has 5 aromatic carbocycles. The van der Waals surface area contributed by atoms with E-state index in [0.717, 1.165) is 24.8 Å². The smallest absolute Gasteiger partial charge is 0.336 e. The Bertz CT molecular complexity index is 3240. The molecule has 5 aromatic rings. The van der Waals surface area contributed by atoms with Gasteiger partial charge in [-0.2, -0.15) is 0 Å². The lowest BCUT2D eigenvalue weighted by Crippen LogP contribution is -2.51. The number of piperidine rings is 1. The Morgan fingerprint density at radius 1 is 0.775 bits per heavy atom. The highest BCUT2D eigenvalue weighted by Gasteiger charge is 2.41. The van der Waals surface area contributed by atoms with Crippen molar-refractivity contribution in [1.82, 2.24) is 10.2 Å². The average Bonchev–Trinajstić information content (AvgIpc) is 3.50. The number of aromatic carboxylic acids is 1. The molecule has 80 heavy (non-hydrogen) atoms. The summed E-state index contributed by atoms with van der Waals surface area (Å²) in [5, 5.41) is 34.7. The molecule has 0 saturated carbocycles. The highest BCUT2D eigenvalue weighted by molar-refractivity contribution is 6.01. The van der Waals surface area contributed by atoms with E-state index in [1.54, 1.807) is 73.7 Å². The number of phenolic OH excluding ortho intramolecular Hbond substituents is 1. The summed E-state index contributed by atoms with van der Waals surface area (Å²) in [7, 11) is 7.73. The first-order valence-electron chi connectivity index (χ1n) is 26.7. The molecule has 1 saturated heterocycles. The Kier molecular flexibility index (Phi) is 17.8. The van der Waals surface area contributed by atoms with Crippen molar-refractivity contribution in [1.29, 1.82) is 0 Å². The first kappa shape index (κ1) is 56.0. The fourth-order valence-corrected chi connectivity index (χ4v) is 11.0. The third-order valence-corrected chi connectivity index (χ3v) is 15.0. The predicted molar refractivity (Wildman–Crippen MR) is 297 cm³/mol. The van der Waals surface area contributed by atoms with E-state index in [1.165, 1.54) is 39.5 Å². The van der Waals surface area contributed by atoms with E-state index in [0.29, 0.717) is 107 Å². The average molecular weight is 1090 g/mol. The van der Waals surface area contributed by atoms with Crippen molar-refractivity contribution in [3.05, 3.63) is 172 Å². The molecule has 4 aliphatic rings. The standard InChI is InChI=1S/C63H66N2O15/c1-73-51-28-22-37(30-53(51)74-2)21-27-50(80-63(72)48-20-11-12-29-65(48)61(69)57(38-14-7-6-8-15-38)40-32-54(75-3)60(77-5)55(33-40)76-4)39-16-13-17-42(31-39)78-36-56(68)64-35-47-49(67)26-25-46-58(43-18-9-10-19-44(43)62(70)71)45-24-23-41(66)34-52(45)79-59(46)47/h7,9-10,13-14,16-19,22-26,28,30-34,38,41,48,50,57,66-67H,6,8,11-12,15,20-21,27,29,35-36H2,1-5H3,(H,64,68)(H,70,71)/t38?,41?,48-,50+,57-/m0/s1. The van der Waals surface area contributed by atoms with Crippen LogP contribution in [0.2, 0.25) is 0 Å². The van der Waals surface area contributed by atoms with E-state index in [1.807, 2.05) is 36.4 Å². The minimum Gasteiger partial charge on any atom is -0.507 e. The van der Waals surface area contributed by atoms with Crippen LogP contribution in [0.15, 0.2) is 133 Å². The van der Waals surface area contributed by atoms with E-state index in [9.17, 15) is 29.7 Å². The summed E-state index contributed by atoms with van der Waals surface area (Å²) in [6.07, 6.45) is 12.3. The van der Waals surface area contributed by atoms with Gasteiger partial charge in [-0.15, -0.1) is 0 Å². The Balaban J connectivity index is 0.951. The van der Waals surface area contributed by atoms with Crippen molar-refractivity contribution in [2.45, 2.75) is 82.1 Å². The molecule has 0 spiro atoms. The number of ether oxygens (including phenoxy) is 8.